The van der Waals surface area contributed by atoms with E-state index < -0.39 is 0 Å². The Kier molecular flexibility index (Phi) is 4.14. The number of nitrogens with two attached hydrogens (primary N) is 1. The Morgan fingerprint density at radius 1 is 1.42 bits per heavy atom. The van der Waals surface area contributed by atoms with E-state index in [1.54, 1.807) is 6.07 Å². The van der Waals surface area contributed by atoms with Crippen LogP contribution in [0.1, 0.15) is 29.6 Å². The number of aldehydes is 1. The van der Waals surface area contributed by atoms with Crippen molar-refractivity contribution >= 4 is 17.9 Å². The van der Waals surface area contributed by atoms with E-state index in [2.05, 4.69) is 0 Å². The largest absolute Gasteiger partial charge is 0.370 e. The molecule has 1 heterocycles. The molecule has 0 unspecified atom stereocenters. The summed E-state index contributed by atoms with van der Waals surface area (Å²) >= 11 is 0. The number of hydrogen-bond acceptors (Lipinski definition) is 3. The fourth-order valence-electron chi connectivity index (χ4n) is 2.61. The Labute approximate surface area is 111 Å². The van der Waals surface area contributed by atoms with Crippen molar-refractivity contribution in [3.05, 3.63) is 29.6 Å². The number of carbonyl (C=O) groups excluding carboxylic acids is 2. The molecule has 1 amide bonds. The molecule has 4 nitrogen and oxygen atoms in total. The SMILES string of the molecule is NC(=O)CC1CCN(c2c(F)cccc2C=O)CC1. The minimum absolute atomic E-state index is 0.264. The summed E-state index contributed by atoms with van der Waals surface area (Å²) in [6, 6.07) is 4.50. The van der Waals surface area contributed by atoms with Crippen LogP contribution < -0.4 is 10.6 Å². The van der Waals surface area contributed by atoms with E-state index in [1.165, 1.54) is 12.1 Å². The van der Waals surface area contributed by atoms with Crippen molar-refractivity contribution < 1.29 is 14.0 Å². The summed E-state index contributed by atoms with van der Waals surface area (Å²) < 4.78 is 13.9. The molecule has 0 aliphatic carbocycles. The molecular formula is C14H17FN2O2. The molecule has 5 heteroatoms. The highest BCUT2D eigenvalue weighted by molar-refractivity contribution is 5.84. The van der Waals surface area contributed by atoms with Crippen LogP contribution in [0.15, 0.2) is 18.2 Å². The van der Waals surface area contributed by atoms with E-state index in [0.717, 1.165) is 12.8 Å². The maximum Gasteiger partial charge on any atom is 0.217 e. The summed E-state index contributed by atoms with van der Waals surface area (Å²) in [7, 11) is 0. The van der Waals surface area contributed by atoms with Gasteiger partial charge < -0.3 is 10.6 Å². The third-order valence-corrected chi connectivity index (χ3v) is 3.57. The fourth-order valence-corrected chi connectivity index (χ4v) is 2.61. The van der Waals surface area contributed by atoms with Crippen molar-refractivity contribution in [1.29, 1.82) is 0 Å². The lowest BCUT2D eigenvalue weighted by Crippen LogP contribution is -2.36. The van der Waals surface area contributed by atoms with Gasteiger partial charge in [0.1, 0.15) is 5.82 Å². The quantitative estimate of drug-likeness (QED) is 0.842. The summed E-state index contributed by atoms with van der Waals surface area (Å²) in [5, 5.41) is 0. The van der Waals surface area contributed by atoms with Crippen LogP contribution in [-0.4, -0.2) is 25.3 Å². The van der Waals surface area contributed by atoms with Gasteiger partial charge in [-0.3, -0.25) is 9.59 Å². The predicted molar refractivity (Wildman–Crippen MR) is 70.5 cm³/mol. The lowest BCUT2D eigenvalue weighted by atomic mass is 9.92. The molecule has 0 spiro atoms. The van der Waals surface area contributed by atoms with Crippen LogP contribution in [0.2, 0.25) is 0 Å². The minimum atomic E-state index is -0.377. The molecule has 2 rings (SSSR count). The van der Waals surface area contributed by atoms with Gasteiger partial charge in [0.2, 0.25) is 5.91 Å². The molecule has 1 aromatic rings. The van der Waals surface area contributed by atoms with Gasteiger partial charge in [-0.1, -0.05) is 6.07 Å². The van der Waals surface area contributed by atoms with Crippen molar-refractivity contribution in [3.8, 4) is 0 Å². The first-order valence-electron chi connectivity index (χ1n) is 6.38. The second-order valence-electron chi connectivity index (χ2n) is 4.90. The Balaban J connectivity index is 2.09. The number of para-hydroxylation sites is 1. The van der Waals surface area contributed by atoms with Gasteiger partial charge in [0.15, 0.2) is 6.29 Å². The molecule has 1 fully saturated rings. The second kappa shape index (κ2) is 5.82. The van der Waals surface area contributed by atoms with E-state index in [-0.39, 0.29) is 17.6 Å². The molecule has 2 N–H and O–H groups in total. The molecule has 1 saturated heterocycles. The lowest BCUT2D eigenvalue weighted by Gasteiger charge is -2.34. The number of halogens is 1. The standard InChI is InChI=1S/C14H17FN2O2/c15-12-3-1-2-11(9-18)14(12)17-6-4-10(5-7-17)8-13(16)19/h1-3,9-10H,4-8H2,(H2,16,19). The van der Waals surface area contributed by atoms with Gasteiger partial charge in [0, 0.05) is 25.1 Å². The highest BCUT2D eigenvalue weighted by Gasteiger charge is 2.24. The van der Waals surface area contributed by atoms with Crippen LogP contribution in [0.4, 0.5) is 10.1 Å². The van der Waals surface area contributed by atoms with Gasteiger partial charge in [0.05, 0.1) is 5.69 Å². The Bertz CT molecular complexity index is 482. The fraction of sp³-hybridized carbons (Fsp3) is 0.429. The first-order valence-corrected chi connectivity index (χ1v) is 6.38. The number of hydrogen-bond donors (Lipinski definition) is 1. The molecule has 19 heavy (non-hydrogen) atoms. The lowest BCUT2D eigenvalue weighted by molar-refractivity contribution is -0.119. The van der Waals surface area contributed by atoms with Crippen LogP contribution in [0.3, 0.4) is 0 Å². The van der Waals surface area contributed by atoms with Gasteiger partial charge >= 0.3 is 0 Å². The van der Waals surface area contributed by atoms with Crippen LogP contribution in [0.5, 0.6) is 0 Å². The van der Waals surface area contributed by atoms with Crippen LogP contribution >= 0.6 is 0 Å². The summed E-state index contributed by atoms with van der Waals surface area (Å²) in [6.45, 7) is 1.28. The van der Waals surface area contributed by atoms with Gasteiger partial charge in [-0.2, -0.15) is 0 Å². The number of rotatable bonds is 4. The molecule has 0 aromatic heterocycles. The van der Waals surface area contributed by atoms with Crippen molar-refractivity contribution in [2.45, 2.75) is 19.3 Å². The highest BCUT2D eigenvalue weighted by atomic mass is 19.1. The summed E-state index contributed by atoms with van der Waals surface area (Å²) in [6.07, 6.45) is 2.63. The smallest absolute Gasteiger partial charge is 0.217 e. The van der Waals surface area contributed by atoms with Crippen LogP contribution in [0.25, 0.3) is 0 Å². The van der Waals surface area contributed by atoms with Crippen molar-refractivity contribution in [2.24, 2.45) is 11.7 Å². The number of nitrogens with zero attached hydrogens (tertiary/aromatic N) is 1. The molecule has 1 aromatic carbocycles. The molecule has 0 saturated carbocycles. The third kappa shape index (κ3) is 3.10. The number of primary amides is 1. The third-order valence-electron chi connectivity index (χ3n) is 3.57. The van der Waals surface area contributed by atoms with E-state index in [0.29, 0.717) is 37.0 Å². The maximum atomic E-state index is 13.9. The molecule has 0 radical (unpaired) electrons. The highest BCUT2D eigenvalue weighted by Crippen LogP contribution is 2.29. The minimum Gasteiger partial charge on any atom is -0.370 e. The predicted octanol–water partition coefficient (Wildman–Crippen LogP) is 1.73. The normalized spacial score (nSPS) is 16.4. The monoisotopic (exact) mass is 264 g/mol. The summed E-state index contributed by atoms with van der Waals surface area (Å²) in [5.74, 6) is -0.406. The number of anilines is 1. The molecule has 102 valence electrons. The van der Waals surface area contributed by atoms with Crippen LogP contribution in [0, 0.1) is 11.7 Å². The van der Waals surface area contributed by atoms with Gasteiger partial charge in [-0.15, -0.1) is 0 Å². The molecule has 1 aliphatic rings. The summed E-state index contributed by atoms with van der Waals surface area (Å²) in [5.41, 5.74) is 5.92. The zero-order chi connectivity index (χ0) is 13.8. The van der Waals surface area contributed by atoms with Crippen LogP contribution in [-0.2, 0) is 4.79 Å². The first-order chi connectivity index (χ1) is 9.11. The van der Waals surface area contributed by atoms with Crippen molar-refractivity contribution in [3.63, 3.8) is 0 Å². The van der Waals surface area contributed by atoms with Gasteiger partial charge in [0.25, 0.3) is 0 Å². The Morgan fingerprint density at radius 3 is 2.68 bits per heavy atom. The number of benzene rings is 1. The molecule has 0 bridgehead atoms. The average Bonchev–Trinajstić information content (AvgIpc) is 2.39. The first kappa shape index (κ1) is 13.5. The zero-order valence-electron chi connectivity index (χ0n) is 10.6. The van der Waals surface area contributed by atoms with Gasteiger partial charge in [-0.05, 0) is 30.9 Å². The van der Waals surface area contributed by atoms with Crippen molar-refractivity contribution in [1.82, 2.24) is 0 Å². The van der Waals surface area contributed by atoms with Crippen molar-refractivity contribution in [2.75, 3.05) is 18.0 Å². The Morgan fingerprint density at radius 2 is 2.11 bits per heavy atom. The van der Waals surface area contributed by atoms with E-state index in [1.807, 2.05) is 4.90 Å². The molecule has 1 aliphatic heterocycles. The number of piperidine rings is 1. The van der Waals surface area contributed by atoms with Gasteiger partial charge in [-0.25, -0.2) is 4.39 Å². The zero-order valence-corrected chi connectivity index (χ0v) is 10.6. The maximum absolute atomic E-state index is 13.9. The van der Waals surface area contributed by atoms with E-state index >= 15 is 0 Å². The second-order valence-corrected chi connectivity index (χ2v) is 4.90. The molecular weight excluding hydrogens is 247 g/mol. The Hall–Kier alpha value is -1.91. The van der Waals surface area contributed by atoms with E-state index in [9.17, 15) is 14.0 Å². The topological polar surface area (TPSA) is 63.4 Å². The number of carbonyl (C=O) groups is 2. The summed E-state index contributed by atoms with van der Waals surface area (Å²) in [4.78, 5) is 23.7. The average molecular weight is 264 g/mol. The van der Waals surface area contributed by atoms with E-state index in [4.69, 9.17) is 5.73 Å². The number of amides is 1. The molecule has 0 atom stereocenters.